The molecule has 4 rings (SSSR count). The second-order valence-electron chi connectivity index (χ2n) is 8.71. The van der Waals surface area contributed by atoms with E-state index in [4.69, 9.17) is 16.3 Å². The van der Waals surface area contributed by atoms with Gasteiger partial charge in [-0.15, -0.1) is 16.8 Å². The summed E-state index contributed by atoms with van der Waals surface area (Å²) in [6.07, 6.45) is 2.42. The molecule has 9 heteroatoms. The topological polar surface area (TPSA) is 78.9 Å². The third-order valence-electron chi connectivity index (χ3n) is 6.26. The highest BCUT2D eigenvalue weighted by Crippen LogP contribution is 2.22. The molecule has 0 radical (unpaired) electrons. The van der Waals surface area contributed by atoms with E-state index in [1.807, 2.05) is 41.3 Å². The van der Waals surface area contributed by atoms with Gasteiger partial charge in [0.2, 0.25) is 5.91 Å². The van der Waals surface area contributed by atoms with E-state index in [-0.39, 0.29) is 24.9 Å². The van der Waals surface area contributed by atoms with Gasteiger partial charge in [0.15, 0.2) is 5.82 Å². The fourth-order valence-electron chi connectivity index (χ4n) is 4.22. The number of methoxy groups -OCH3 is 1. The standard InChI is InChI=1S/C28H30ClN5O3/c1-3-15-34(28(36)22-5-9-23(29)10-6-22)20-27(35)33-17-4-16-32(18-19-33)26-14-13-25(30-31-26)21-7-11-24(37-2)12-8-21/h3,5-14H,1,4,15-20H2,2H3. The van der Waals surface area contributed by atoms with Crippen LogP contribution in [0.1, 0.15) is 16.8 Å². The van der Waals surface area contributed by atoms with Crippen LogP contribution in [-0.4, -0.2) is 78.2 Å². The quantitative estimate of drug-likeness (QED) is 0.416. The number of rotatable bonds is 8. The molecule has 8 nitrogen and oxygen atoms in total. The first-order valence-corrected chi connectivity index (χ1v) is 12.5. The second-order valence-corrected chi connectivity index (χ2v) is 9.14. The highest BCUT2D eigenvalue weighted by atomic mass is 35.5. The molecule has 192 valence electrons. The van der Waals surface area contributed by atoms with Gasteiger partial charge in [-0.1, -0.05) is 17.7 Å². The van der Waals surface area contributed by atoms with E-state index < -0.39 is 0 Å². The number of halogens is 1. The Hall–Kier alpha value is -3.91. The minimum atomic E-state index is -0.228. The molecule has 37 heavy (non-hydrogen) atoms. The third-order valence-corrected chi connectivity index (χ3v) is 6.51. The first-order chi connectivity index (χ1) is 18.0. The number of anilines is 1. The Labute approximate surface area is 222 Å². The Morgan fingerprint density at radius 3 is 2.41 bits per heavy atom. The normalized spacial score (nSPS) is 13.6. The predicted octanol–water partition coefficient (Wildman–Crippen LogP) is 4.17. The summed E-state index contributed by atoms with van der Waals surface area (Å²) in [6.45, 7) is 6.56. The zero-order valence-electron chi connectivity index (χ0n) is 20.8. The van der Waals surface area contributed by atoms with E-state index in [1.54, 1.807) is 37.5 Å². The average molecular weight is 520 g/mol. The van der Waals surface area contributed by atoms with Crippen molar-refractivity contribution in [2.24, 2.45) is 0 Å². The zero-order valence-corrected chi connectivity index (χ0v) is 21.6. The minimum absolute atomic E-state index is 0.0101. The van der Waals surface area contributed by atoms with Gasteiger partial charge in [-0.3, -0.25) is 9.59 Å². The van der Waals surface area contributed by atoms with Gasteiger partial charge in [-0.05, 0) is 67.1 Å². The molecule has 1 aliphatic heterocycles. The van der Waals surface area contributed by atoms with E-state index in [2.05, 4.69) is 21.7 Å². The van der Waals surface area contributed by atoms with Crippen LogP contribution >= 0.6 is 11.6 Å². The summed E-state index contributed by atoms with van der Waals surface area (Å²) < 4.78 is 5.21. The maximum atomic E-state index is 13.1. The lowest BCUT2D eigenvalue weighted by molar-refractivity contribution is -0.131. The summed E-state index contributed by atoms with van der Waals surface area (Å²) in [5, 5.41) is 9.39. The molecule has 0 N–H and O–H groups in total. The summed E-state index contributed by atoms with van der Waals surface area (Å²) in [7, 11) is 1.64. The number of amides is 2. The molecule has 1 saturated heterocycles. The Morgan fingerprint density at radius 1 is 1.00 bits per heavy atom. The fourth-order valence-corrected chi connectivity index (χ4v) is 4.34. The first-order valence-electron chi connectivity index (χ1n) is 12.1. The summed E-state index contributed by atoms with van der Waals surface area (Å²) in [6, 6.07) is 18.3. The van der Waals surface area contributed by atoms with E-state index in [0.717, 1.165) is 35.8 Å². The molecule has 0 bridgehead atoms. The van der Waals surface area contributed by atoms with Crippen LogP contribution in [0.5, 0.6) is 5.75 Å². The Kier molecular flexibility index (Phi) is 8.74. The highest BCUT2D eigenvalue weighted by molar-refractivity contribution is 6.30. The Morgan fingerprint density at radius 2 is 1.76 bits per heavy atom. The number of carbonyl (C=O) groups is 2. The number of benzene rings is 2. The van der Waals surface area contributed by atoms with E-state index in [9.17, 15) is 9.59 Å². The molecule has 0 saturated carbocycles. The lowest BCUT2D eigenvalue weighted by Crippen LogP contribution is -2.44. The van der Waals surface area contributed by atoms with Gasteiger partial charge in [-0.2, -0.15) is 0 Å². The van der Waals surface area contributed by atoms with Crippen molar-refractivity contribution >= 4 is 29.2 Å². The summed E-state index contributed by atoms with van der Waals surface area (Å²) in [4.78, 5) is 31.6. The molecular weight excluding hydrogens is 490 g/mol. The SMILES string of the molecule is C=CCN(CC(=O)N1CCCN(c2ccc(-c3ccc(OC)cc3)nn2)CC1)C(=O)c1ccc(Cl)cc1. The van der Waals surface area contributed by atoms with Crippen molar-refractivity contribution in [1.29, 1.82) is 0 Å². The van der Waals surface area contributed by atoms with Crippen molar-refractivity contribution in [3.8, 4) is 17.0 Å². The molecule has 2 amide bonds. The summed E-state index contributed by atoms with van der Waals surface area (Å²) >= 11 is 5.94. The number of carbonyl (C=O) groups excluding carboxylic acids is 2. The maximum absolute atomic E-state index is 13.1. The van der Waals surface area contributed by atoms with Crippen LogP contribution < -0.4 is 9.64 Å². The van der Waals surface area contributed by atoms with Crippen LogP contribution in [0.25, 0.3) is 11.3 Å². The van der Waals surface area contributed by atoms with Gasteiger partial charge < -0.3 is 19.4 Å². The average Bonchev–Trinajstić information content (AvgIpc) is 3.20. The molecule has 1 fully saturated rings. The largest absolute Gasteiger partial charge is 0.497 e. The minimum Gasteiger partial charge on any atom is -0.497 e. The molecule has 2 aromatic carbocycles. The molecule has 0 atom stereocenters. The van der Waals surface area contributed by atoms with Crippen LogP contribution in [0, 0.1) is 0 Å². The second kappa shape index (κ2) is 12.4. The van der Waals surface area contributed by atoms with E-state index >= 15 is 0 Å². The van der Waals surface area contributed by atoms with Gasteiger partial charge in [0.1, 0.15) is 12.3 Å². The van der Waals surface area contributed by atoms with Crippen LogP contribution in [0.3, 0.4) is 0 Å². The fraction of sp³-hybridized carbons (Fsp3) is 0.286. The van der Waals surface area contributed by atoms with Crippen molar-refractivity contribution < 1.29 is 14.3 Å². The molecule has 1 aromatic heterocycles. The zero-order chi connectivity index (χ0) is 26.2. The highest BCUT2D eigenvalue weighted by Gasteiger charge is 2.24. The number of ether oxygens (including phenoxy) is 1. The summed E-state index contributed by atoms with van der Waals surface area (Å²) in [5.74, 6) is 1.25. The lowest BCUT2D eigenvalue weighted by atomic mass is 10.1. The number of nitrogens with zero attached hydrogens (tertiary/aromatic N) is 5. The Bertz CT molecular complexity index is 1220. The van der Waals surface area contributed by atoms with Crippen molar-refractivity contribution in [1.82, 2.24) is 20.0 Å². The summed E-state index contributed by atoms with van der Waals surface area (Å²) in [5.41, 5.74) is 2.23. The maximum Gasteiger partial charge on any atom is 0.254 e. The van der Waals surface area contributed by atoms with Crippen molar-refractivity contribution in [3.05, 3.63) is 83.9 Å². The number of aromatic nitrogens is 2. The van der Waals surface area contributed by atoms with Crippen molar-refractivity contribution in [3.63, 3.8) is 0 Å². The molecule has 1 aliphatic rings. The monoisotopic (exact) mass is 519 g/mol. The molecule has 0 spiro atoms. The van der Waals surface area contributed by atoms with E-state index in [0.29, 0.717) is 30.2 Å². The van der Waals surface area contributed by atoms with Gasteiger partial charge in [0, 0.05) is 48.9 Å². The number of hydrogen-bond acceptors (Lipinski definition) is 6. The van der Waals surface area contributed by atoms with Crippen LogP contribution in [0.4, 0.5) is 5.82 Å². The first kappa shape index (κ1) is 26.2. The van der Waals surface area contributed by atoms with Gasteiger partial charge in [0.05, 0.1) is 12.8 Å². The molecule has 2 heterocycles. The van der Waals surface area contributed by atoms with Gasteiger partial charge >= 0.3 is 0 Å². The van der Waals surface area contributed by atoms with Gasteiger partial charge in [-0.25, -0.2) is 0 Å². The molecule has 3 aromatic rings. The molecule has 0 unspecified atom stereocenters. The van der Waals surface area contributed by atoms with Crippen LogP contribution in [0.15, 0.2) is 73.3 Å². The smallest absolute Gasteiger partial charge is 0.254 e. The lowest BCUT2D eigenvalue weighted by Gasteiger charge is -2.26. The Balaban J connectivity index is 1.36. The van der Waals surface area contributed by atoms with E-state index in [1.165, 1.54) is 4.90 Å². The van der Waals surface area contributed by atoms with Crippen molar-refractivity contribution in [2.45, 2.75) is 6.42 Å². The molecular formula is C28H30ClN5O3. The third kappa shape index (κ3) is 6.65. The van der Waals surface area contributed by atoms with Crippen LogP contribution in [-0.2, 0) is 4.79 Å². The van der Waals surface area contributed by atoms with Crippen LogP contribution in [0.2, 0.25) is 5.02 Å². The number of hydrogen-bond donors (Lipinski definition) is 0. The van der Waals surface area contributed by atoms with Crippen molar-refractivity contribution in [2.75, 3.05) is 51.3 Å². The molecule has 0 aliphatic carbocycles. The predicted molar refractivity (Wildman–Crippen MR) is 145 cm³/mol. The van der Waals surface area contributed by atoms with Gasteiger partial charge in [0.25, 0.3) is 5.91 Å².